The number of likely N-dealkylation sites (tertiary alicyclic amines) is 1. The zero-order chi connectivity index (χ0) is 13.3. The van der Waals surface area contributed by atoms with Crippen LogP contribution >= 0.6 is 0 Å². The number of carbonyl (C=O) groups excluding carboxylic acids is 1. The standard InChI is InChI=1S/C14H19NO3/c1-9-4-3-5-11(13(9)17)14(18)15-7-6-12(16)10(2)8-15/h3-5,10,12,16-17H,6-8H2,1-2H3. The van der Waals surface area contributed by atoms with E-state index in [1.165, 1.54) is 0 Å². The Morgan fingerprint density at radius 2 is 2.17 bits per heavy atom. The number of phenolic OH excluding ortho intramolecular Hbond substituents is 1. The number of carbonyl (C=O) groups is 1. The summed E-state index contributed by atoms with van der Waals surface area (Å²) in [6.07, 6.45) is 0.264. The summed E-state index contributed by atoms with van der Waals surface area (Å²) in [5.74, 6) is -0.0223. The van der Waals surface area contributed by atoms with Crippen LogP contribution in [0.4, 0.5) is 0 Å². The van der Waals surface area contributed by atoms with Crippen molar-refractivity contribution in [3.63, 3.8) is 0 Å². The molecule has 1 fully saturated rings. The van der Waals surface area contributed by atoms with Crippen LogP contribution in [-0.2, 0) is 0 Å². The first-order chi connectivity index (χ1) is 8.50. The number of piperidine rings is 1. The van der Waals surface area contributed by atoms with Gasteiger partial charge in [0.25, 0.3) is 5.91 Å². The third-order valence-corrected chi connectivity index (χ3v) is 3.62. The highest BCUT2D eigenvalue weighted by Gasteiger charge is 2.28. The van der Waals surface area contributed by atoms with E-state index in [1.54, 1.807) is 30.0 Å². The molecule has 2 unspecified atom stereocenters. The van der Waals surface area contributed by atoms with Crippen LogP contribution in [0.3, 0.4) is 0 Å². The third-order valence-electron chi connectivity index (χ3n) is 3.62. The monoisotopic (exact) mass is 249 g/mol. The molecule has 0 radical (unpaired) electrons. The minimum atomic E-state index is -0.333. The van der Waals surface area contributed by atoms with Crippen LogP contribution in [0.25, 0.3) is 0 Å². The van der Waals surface area contributed by atoms with E-state index >= 15 is 0 Å². The van der Waals surface area contributed by atoms with Gasteiger partial charge in [0, 0.05) is 13.1 Å². The second-order valence-corrected chi connectivity index (χ2v) is 5.06. The summed E-state index contributed by atoms with van der Waals surface area (Å²) >= 11 is 0. The lowest BCUT2D eigenvalue weighted by Crippen LogP contribution is -2.45. The van der Waals surface area contributed by atoms with Gasteiger partial charge in [0.2, 0.25) is 0 Å². The highest BCUT2D eigenvalue weighted by Crippen LogP contribution is 2.25. The van der Waals surface area contributed by atoms with Gasteiger partial charge in [0.15, 0.2) is 0 Å². The highest BCUT2D eigenvalue weighted by molar-refractivity contribution is 5.97. The third kappa shape index (κ3) is 2.34. The second-order valence-electron chi connectivity index (χ2n) is 5.06. The van der Waals surface area contributed by atoms with Crippen LogP contribution in [0.5, 0.6) is 5.75 Å². The summed E-state index contributed by atoms with van der Waals surface area (Å²) in [5, 5.41) is 19.6. The van der Waals surface area contributed by atoms with Crippen molar-refractivity contribution in [2.45, 2.75) is 26.4 Å². The van der Waals surface area contributed by atoms with Crippen molar-refractivity contribution in [1.82, 2.24) is 4.90 Å². The fourth-order valence-electron chi connectivity index (χ4n) is 2.32. The van der Waals surface area contributed by atoms with Crippen LogP contribution < -0.4 is 0 Å². The Hall–Kier alpha value is -1.55. The summed E-state index contributed by atoms with van der Waals surface area (Å²) < 4.78 is 0. The van der Waals surface area contributed by atoms with Gasteiger partial charge in [0.1, 0.15) is 5.75 Å². The van der Waals surface area contributed by atoms with E-state index in [0.717, 1.165) is 0 Å². The fraction of sp³-hybridized carbons (Fsp3) is 0.500. The lowest BCUT2D eigenvalue weighted by atomic mass is 9.96. The number of hydrogen-bond donors (Lipinski definition) is 2. The number of phenols is 1. The van der Waals surface area contributed by atoms with E-state index in [1.807, 2.05) is 6.92 Å². The quantitative estimate of drug-likeness (QED) is 0.793. The van der Waals surface area contributed by atoms with E-state index < -0.39 is 0 Å². The van der Waals surface area contributed by atoms with Crippen molar-refractivity contribution in [3.05, 3.63) is 29.3 Å². The van der Waals surface area contributed by atoms with Crippen molar-refractivity contribution in [3.8, 4) is 5.75 Å². The molecule has 1 aromatic rings. The van der Waals surface area contributed by atoms with E-state index in [0.29, 0.717) is 30.6 Å². The van der Waals surface area contributed by atoms with Gasteiger partial charge in [-0.3, -0.25) is 4.79 Å². The predicted octanol–water partition coefficient (Wildman–Crippen LogP) is 1.54. The fourth-order valence-corrected chi connectivity index (χ4v) is 2.32. The number of rotatable bonds is 1. The summed E-state index contributed by atoms with van der Waals surface area (Å²) in [4.78, 5) is 14.0. The molecular weight excluding hydrogens is 230 g/mol. The molecule has 98 valence electrons. The molecule has 0 saturated carbocycles. The molecule has 0 aliphatic carbocycles. The molecule has 1 aromatic carbocycles. The molecule has 4 heteroatoms. The van der Waals surface area contributed by atoms with Crippen molar-refractivity contribution < 1.29 is 15.0 Å². The summed E-state index contributed by atoms with van der Waals surface area (Å²) in [6, 6.07) is 5.18. The molecule has 4 nitrogen and oxygen atoms in total. The first-order valence-corrected chi connectivity index (χ1v) is 6.26. The first-order valence-electron chi connectivity index (χ1n) is 6.26. The maximum atomic E-state index is 12.3. The van der Waals surface area contributed by atoms with Crippen LogP contribution in [0.2, 0.25) is 0 Å². The molecule has 0 spiro atoms. The van der Waals surface area contributed by atoms with Gasteiger partial charge in [-0.1, -0.05) is 19.1 Å². The molecule has 1 aliphatic heterocycles. The Kier molecular flexibility index (Phi) is 3.57. The van der Waals surface area contributed by atoms with Crippen LogP contribution in [-0.4, -0.2) is 40.2 Å². The largest absolute Gasteiger partial charge is 0.507 e. The smallest absolute Gasteiger partial charge is 0.257 e. The summed E-state index contributed by atoms with van der Waals surface area (Å²) in [7, 11) is 0. The van der Waals surface area contributed by atoms with Crippen LogP contribution in [0, 0.1) is 12.8 Å². The number of aryl methyl sites for hydroxylation is 1. The zero-order valence-electron chi connectivity index (χ0n) is 10.8. The lowest BCUT2D eigenvalue weighted by Gasteiger charge is -2.34. The Bertz CT molecular complexity index is 458. The van der Waals surface area contributed by atoms with Gasteiger partial charge in [-0.15, -0.1) is 0 Å². The predicted molar refractivity (Wildman–Crippen MR) is 68.5 cm³/mol. The number of benzene rings is 1. The highest BCUT2D eigenvalue weighted by atomic mass is 16.3. The molecule has 1 aliphatic rings. The average Bonchev–Trinajstić information content (AvgIpc) is 2.35. The normalized spacial score (nSPS) is 24.1. The number of aromatic hydroxyl groups is 1. The topological polar surface area (TPSA) is 60.8 Å². The van der Waals surface area contributed by atoms with Crippen LogP contribution in [0.15, 0.2) is 18.2 Å². The average molecular weight is 249 g/mol. The number of nitrogens with zero attached hydrogens (tertiary/aromatic N) is 1. The van der Waals surface area contributed by atoms with Crippen molar-refractivity contribution in [2.75, 3.05) is 13.1 Å². The number of aliphatic hydroxyl groups excluding tert-OH is 1. The summed E-state index contributed by atoms with van der Waals surface area (Å²) in [5.41, 5.74) is 1.05. The Balaban J connectivity index is 2.19. The molecule has 1 amide bonds. The lowest BCUT2D eigenvalue weighted by molar-refractivity contribution is 0.0296. The SMILES string of the molecule is Cc1cccc(C(=O)N2CCC(O)C(C)C2)c1O. The zero-order valence-corrected chi connectivity index (χ0v) is 10.8. The Labute approximate surface area is 107 Å². The van der Waals surface area contributed by atoms with Gasteiger partial charge < -0.3 is 15.1 Å². The number of aliphatic hydroxyl groups is 1. The minimum Gasteiger partial charge on any atom is -0.507 e. The number of hydrogen-bond acceptors (Lipinski definition) is 3. The van der Waals surface area contributed by atoms with Crippen molar-refractivity contribution >= 4 is 5.91 Å². The van der Waals surface area contributed by atoms with Gasteiger partial charge in [-0.05, 0) is 30.9 Å². The summed E-state index contributed by atoms with van der Waals surface area (Å²) in [6.45, 7) is 4.78. The molecule has 1 heterocycles. The molecule has 0 aromatic heterocycles. The number of amides is 1. The molecule has 18 heavy (non-hydrogen) atoms. The van der Waals surface area contributed by atoms with Crippen molar-refractivity contribution in [2.24, 2.45) is 5.92 Å². The molecule has 2 atom stereocenters. The van der Waals surface area contributed by atoms with Gasteiger partial charge in [-0.25, -0.2) is 0 Å². The Morgan fingerprint density at radius 3 is 2.83 bits per heavy atom. The van der Waals surface area contributed by atoms with Crippen LogP contribution in [0.1, 0.15) is 29.3 Å². The molecule has 0 bridgehead atoms. The van der Waals surface area contributed by atoms with Gasteiger partial charge in [-0.2, -0.15) is 0 Å². The minimum absolute atomic E-state index is 0.0567. The van der Waals surface area contributed by atoms with E-state index in [4.69, 9.17) is 0 Å². The van der Waals surface area contributed by atoms with Crippen molar-refractivity contribution in [1.29, 1.82) is 0 Å². The first kappa shape index (κ1) is 12.9. The number of para-hydroxylation sites is 1. The Morgan fingerprint density at radius 1 is 1.44 bits per heavy atom. The molecule has 2 N–H and O–H groups in total. The second kappa shape index (κ2) is 4.98. The van der Waals surface area contributed by atoms with Gasteiger partial charge in [0.05, 0.1) is 11.7 Å². The van der Waals surface area contributed by atoms with Gasteiger partial charge >= 0.3 is 0 Å². The molecular formula is C14H19NO3. The maximum absolute atomic E-state index is 12.3. The molecule has 2 rings (SSSR count). The molecule has 1 saturated heterocycles. The maximum Gasteiger partial charge on any atom is 0.257 e. The van der Waals surface area contributed by atoms with E-state index in [2.05, 4.69) is 0 Å². The van der Waals surface area contributed by atoms with E-state index in [9.17, 15) is 15.0 Å². The van der Waals surface area contributed by atoms with E-state index in [-0.39, 0.29) is 23.7 Å².